The minimum atomic E-state index is -0.612. The van der Waals surface area contributed by atoms with Crippen LogP contribution >= 0.6 is 0 Å². The first-order valence-corrected chi connectivity index (χ1v) is 9.65. The fraction of sp³-hybridized carbons (Fsp3) is 0.500. The molecule has 150 valence electrons. The first kappa shape index (κ1) is 20.0. The molecule has 2 amide bonds. The number of aromatic nitrogens is 2. The SMILES string of the molecule is CC(=O)NC1(c2noc(CCC(=O)Nc3ccccc3F)n2)CCCCCC1. The molecule has 0 spiro atoms. The number of benzene rings is 1. The van der Waals surface area contributed by atoms with E-state index in [4.69, 9.17) is 4.52 Å². The van der Waals surface area contributed by atoms with Gasteiger partial charge >= 0.3 is 0 Å². The normalized spacial score (nSPS) is 16.2. The Morgan fingerprint density at radius 3 is 2.57 bits per heavy atom. The number of nitrogens with one attached hydrogen (secondary N) is 2. The molecule has 3 rings (SSSR count). The molecule has 1 aromatic heterocycles. The van der Waals surface area contributed by atoms with Gasteiger partial charge in [-0.3, -0.25) is 9.59 Å². The topological polar surface area (TPSA) is 97.1 Å². The lowest BCUT2D eigenvalue weighted by molar-refractivity contribution is -0.121. The quantitative estimate of drug-likeness (QED) is 0.739. The van der Waals surface area contributed by atoms with Gasteiger partial charge < -0.3 is 15.2 Å². The summed E-state index contributed by atoms with van der Waals surface area (Å²) < 4.78 is 18.9. The van der Waals surface area contributed by atoms with Gasteiger partial charge in [0, 0.05) is 19.8 Å². The predicted octanol–water partition coefficient (Wildman–Crippen LogP) is 3.47. The molecule has 1 aromatic carbocycles. The highest BCUT2D eigenvalue weighted by Gasteiger charge is 2.38. The Bertz CT molecular complexity index is 828. The predicted molar refractivity (Wildman–Crippen MR) is 101 cm³/mol. The molecule has 1 fully saturated rings. The van der Waals surface area contributed by atoms with Crippen molar-refractivity contribution in [2.45, 2.75) is 63.8 Å². The van der Waals surface area contributed by atoms with Crippen LogP contribution in [0.15, 0.2) is 28.8 Å². The van der Waals surface area contributed by atoms with E-state index < -0.39 is 11.4 Å². The van der Waals surface area contributed by atoms with Gasteiger partial charge in [0.05, 0.1) is 5.69 Å². The highest BCUT2D eigenvalue weighted by molar-refractivity contribution is 5.90. The van der Waals surface area contributed by atoms with E-state index in [1.54, 1.807) is 12.1 Å². The second-order valence-corrected chi connectivity index (χ2v) is 7.22. The molecule has 0 bridgehead atoms. The number of carbonyl (C=O) groups is 2. The molecule has 0 saturated heterocycles. The van der Waals surface area contributed by atoms with E-state index in [0.29, 0.717) is 11.7 Å². The molecule has 0 unspecified atom stereocenters. The van der Waals surface area contributed by atoms with Gasteiger partial charge in [0.1, 0.15) is 11.4 Å². The van der Waals surface area contributed by atoms with Crippen LogP contribution in [-0.4, -0.2) is 22.0 Å². The van der Waals surface area contributed by atoms with Crippen LogP contribution in [0, 0.1) is 5.82 Å². The van der Waals surface area contributed by atoms with Crippen LogP contribution in [0.4, 0.5) is 10.1 Å². The van der Waals surface area contributed by atoms with Crippen LogP contribution in [-0.2, 0) is 21.5 Å². The number of amides is 2. The van der Waals surface area contributed by atoms with E-state index in [1.165, 1.54) is 19.1 Å². The maximum absolute atomic E-state index is 13.6. The maximum Gasteiger partial charge on any atom is 0.227 e. The Balaban J connectivity index is 1.64. The number of rotatable bonds is 6. The summed E-state index contributed by atoms with van der Waals surface area (Å²) in [5, 5.41) is 9.65. The van der Waals surface area contributed by atoms with Crippen molar-refractivity contribution in [1.29, 1.82) is 0 Å². The molecular formula is C20H25FN4O3. The third-order valence-corrected chi connectivity index (χ3v) is 4.98. The van der Waals surface area contributed by atoms with Crippen LogP contribution in [0.2, 0.25) is 0 Å². The van der Waals surface area contributed by atoms with Gasteiger partial charge in [-0.2, -0.15) is 4.98 Å². The summed E-state index contributed by atoms with van der Waals surface area (Å²) in [7, 11) is 0. The highest BCUT2D eigenvalue weighted by Crippen LogP contribution is 2.34. The average molecular weight is 388 g/mol. The van der Waals surface area contributed by atoms with Crippen molar-refractivity contribution in [2.24, 2.45) is 0 Å². The van der Waals surface area contributed by atoms with E-state index >= 15 is 0 Å². The monoisotopic (exact) mass is 388 g/mol. The number of aryl methyl sites for hydroxylation is 1. The lowest BCUT2D eigenvalue weighted by Crippen LogP contribution is -2.45. The van der Waals surface area contributed by atoms with Crippen LogP contribution in [0.3, 0.4) is 0 Å². The number of nitrogens with zero attached hydrogens (tertiary/aromatic N) is 2. The first-order chi connectivity index (χ1) is 13.5. The summed E-state index contributed by atoms with van der Waals surface area (Å²) in [6.07, 6.45) is 6.04. The van der Waals surface area contributed by atoms with E-state index in [9.17, 15) is 14.0 Å². The number of para-hydroxylation sites is 1. The Morgan fingerprint density at radius 2 is 1.89 bits per heavy atom. The lowest BCUT2D eigenvalue weighted by atomic mass is 9.89. The third-order valence-electron chi connectivity index (χ3n) is 4.98. The summed E-state index contributed by atoms with van der Waals surface area (Å²) in [5.74, 6) is -0.156. The van der Waals surface area contributed by atoms with Gasteiger partial charge in [-0.15, -0.1) is 0 Å². The largest absolute Gasteiger partial charge is 0.343 e. The molecule has 8 heteroatoms. The number of hydrogen-bond donors (Lipinski definition) is 2. The van der Waals surface area contributed by atoms with Gasteiger partial charge in [-0.05, 0) is 25.0 Å². The number of halogens is 1. The summed E-state index contributed by atoms with van der Waals surface area (Å²) in [6, 6.07) is 6.00. The summed E-state index contributed by atoms with van der Waals surface area (Å²) in [6.45, 7) is 1.49. The Labute approximate surface area is 163 Å². The van der Waals surface area contributed by atoms with Crippen LogP contribution < -0.4 is 10.6 Å². The van der Waals surface area contributed by atoms with Crippen molar-refractivity contribution in [2.75, 3.05) is 5.32 Å². The second kappa shape index (κ2) is 8.95. The van der Waals surface area contributed by atoms with Crippen molar-refractivity contribution in [3.63, 3.8) is 0 Å². The fourth-order valence-corrected chi connectivity index (χ4v) is 3.62. The zero-order valence-electron chi connectivity index (χ0n) is 16.0. The fourth-order valence-electron chi connectivity index (χ4n) is 3.62. The van der Waals surface area contributed by atoms with Gasteiger partial charge in [-0.25, -0.2) is 4.39 Å². The first-order valence-electron chi connectivity index (χ1n) is 9.65. The zero-order valence-corrected chi connectivity index (χ0v) is 16.0. The minimum Gasteiger partial charge on any atom is -0.343 e. The maximum atomic E-state index is 13.6. The van der Waals surface area contributed by atoms with Gasteiger partial charge in [0.15, 0.2) is 5.82 Å². The number of carbonyl (C=O) groups excluding carboxylic acids is 2. The molecule has 0 aliphatic heterocycles. The van der Waals surface area contributed by atoms with Gasteiger partial charge in [0.25, 0.3) is 0 Å². The van der Waals surface area contributed by atoms with Gasteiger partial charge in [-0.1, -0.05) is 43.0 Å². The molecule has 2 N–H and O–H groups in total. The van der Waals surface area contributed by atoms with E-state index in [2.05, 4.69) is 20.8 Å². The molecule has 7 nitrogen and oxygen atoms in total. The van der Waals surface area contributed by atoms with Crippen molar-refractivity contribution in [3.8, 4) is 0 Å². The van der Waals surface area contributed by atoms with Crippen LogP contribution in [0.1, 0.15) is 63.6 Å². The summed E-state index contributed by atoms with van der Waals surface area (Å²) in [5.41, 5.74) is -0.471. The molecule has 0 atom stereocenters. The highest BCUT2D eigenvalue weighted by atomic mass is 19.1. The molecule has 1 heterocycles. The number of hydrogen-bond acceptors (Lipinski definition) is 5. The third kappa shape index (κ3) is 4.94. The minimum absolute atomic E-state index is 0.0864. The second-order valence-electron chi connectivity index (χ2n) is 7.22. The Kier molecular flexibility index (Phi) is 6.38. The summed E-state index contributed by atoms with van der Waals surface area (Å²) >= 11 is 0. The van der Waals surface area contributed by atoms with Crippen molar-refractivity contribution >= 4 is 17.5 Å². The summed E-state index contributed by atoms with van der Waals surface area (Å²) in [4.78, 5) is 28.3. The molecule has 1 aliphatic carbocycles. The molecule has 0 radical (unpaired) electrons. The Hall–Kier alpha value is -2.77. The van der Waals surface area contributed by atoms with E-state index in [-0.39, 0.29) is 30.3 Å². The van der Waals surface area contributed by atoms with Crippen molar-refractivity contribution < 1.29 is 18.5 Å². The van der Waals surface area contributed by atoms with Crippen molar-refractivity contribution in [3.05, 3.63) is 41.8 Å². The molecule has 1 saturated carbocycles. The van der Waals surface area contributed by atoms with E-state index in [0.717, 1.165) is 38.5 Å². The zero-order chi connectivity index (χ0) is 20.0. The Morgan fingerprint density at radius 1 is 1.18 bits per heavy atom. The molecular weight excluding hydrogens is 363 g/mol. The lowest BCUT2D eigenvalue weighted by Gasteiger charge is -2.30. The molecule has 28 heavy (non-hydrogen) atoms. The van der Waals surface area contributed by atoms with E-state index in [1.807, 2.05) is 0 Å². The van der Waals surface area contributed by atoms with Crippen LogP contribution in [0.25, 0.3) is 0 Å². The number of anilines is 1. The van der Waals surface area contributed by atoms with Crippen molar-refractivity contribution in [1.82, 2.24) is 15.5 Å². The average Bonchev–Trinajstić information content (AvgIpc) is 3.02. The molecule has 1 aliphatic rings. The smallest absolute Gasteiger partial charge is 0.227 e. The van der Waals surface area contributed by atoms with Crippen LogP contribution in [0.5, 0.6) is 0 Å². The standard InChI is InChI=1S/C20H25FN4O3/c1-14(26)24-20(12-6-2-3-7-13-20)19-23-18(28-25-19)11-10-17(27)22-16-9-5-4-8-15(16)21/h4-5,8-9H,2-3,6-7,10-13H2,1H3,(H,22,27)(H,24,26). The molecule has 2 aromatic rings. The van der Waals surface area contributed by atoms with Gasteiger partial charge in [0.2, 0.25) is 17.7 Å².